The Kier molecular flexibility index (Phi) is 4.68. The molecular weight excluding hydrogens is 402 g/mol. The van der Waals surface area contributed by atoms with E-state index in [1.54, 1.807) is 6.07 Å². The number of nitrogens with zero attached hydrogens (tertiary/aromatic N) is 4. The predicted octanol–water partition coefficient (Wildman–Crippen LogP) is 2.46. The quantitative estimate of drug-likeness (QED) is 0.677. The normalized spacial score (nSPS) is 23.3. The summed E-state index contributed by atoms with van der Waals surface area (Å²) in [5.74, 6) is 2.15. The fourth-order valence-electron chi connectivity index (χ4n) is 5.99. The molecule has 166 valence electrons. The van der Waals surface area contributed by atoms with E-state index in [2.05, 4.69) is 23.0 Å². The number of carbonyl (C=O) groups is 1. The molecule has 5 heterocycles. The number of fused-ring (bicyclic) bond motifs is 5. The van der Waals surface area contributed by atoms with E-state index in [4.69, 9.17) is 4.98 Å². The number of carbonyl (C=O) groups excluding carboxylic acids is 1. The zero-order valence-electron chi connectivity index (χ0n) is 18.5. The lowest BCUT2D eigenvalue weighted by molar-refractivity contribution is 0.0707. The van der Waals surface area contributed by atoms with Crippen LogP contribution in [0.3, 0.4) is 0 Å². The van der Waals surface area contributed by atoms with Crippen LogP contribution in [0.4, 0.5) is 0 Å². The van der Waals surface area contributed by atoms with Crippen molar-refractivity contribution < 1.29 is 4.79 Å². The van der Waals surface area contributed by atoms with Crippen LogP contribution in [-0.4, -0.2) is 51.1 Å². The first-order chi connectivity index (χ1) is 15.6. The Balaban J connectivity index is 1.21. The molecule has 2 fully saturated rings. The van der Waals surface area contributed by atoms with Crippen molar-refractivity contribution >= 4 is 16.9 Å². The maximum atomic E-state index is 13.3. The zero-order chi connectivity index (χ0) is 21.8. The molecule has 3 aliphatic rings. The summed E-state index contributed by atoms with van der Waals surface area (Å²) in [4.78, 5) is 33.2. The van der Waals surface area contributed by atoms with Gasteiger partial charge >= 0.3 is 0 Å². The Morgan fingerprint density at radius 2 is 1.88 bits per heavy atom. The number of rotatable bonds is 2. The lowest BCUT2D eigenvalue weighted by Gasteiger charge is -2.38. The molecule has 0 aliphatic carbocycles. The van der Waals surface area contributed by atoms with E-state index in [9.17, 15) is 9.59 Å². The summed E-state index contributed by atoms with van der Waals surface area (Å²) in [6.07, 6.45) is 2.87. The molecule has 6 rings (SSSR count). The van der Waals surface area contributed by atoms with Gasteiger partial charge in [0.1, 0.15) is 11.4 Å². The number of hydrogen-bond acceptors (Lipinski definition) is 4. The van der Waals surface area contributed by atoms with Crippen LogP contribution in [0.15, 0.2) is 41.2 Å². The summed E-state index contributed by atoms with van der Waals surface area (Å²) in [6, 6.07) is 12.0. The Morgan fingerprint density at radius 1 is 1.06 bits per heavy atom. The molecule has 2 bridgehead atoms. The van der Waals surface area contributed by atoms with Gasteiger partial charge in [-0.15, -0.1) is 0 Å². The molecule has 3 aromatic rings. The Morgan fingerprint density at radius 3 is 2.69 bits per heavy atom. The van der Waals surface area contributed by atoms with E-state index >= 15 is 0 Å². The first kappa shape index (κ1) is 19.7. The molecule has 0 unspecified atom stereocenters. The Bertz CT molecular complexity index is 1250. The number of piperidine rings is 2. The van der Waals surface area contributed by atoms with Crippen molar-refractivity contribution in [3.8, 4) is 0 Å². The minimum Gasteiger partial charge on any atom is -0.338 e. The SMILES string of the molecule is Cn1c(C2CCN(C(=O)c3ccc4n(c3=O)C[C@@H]3CNC[C@H]4C3)CC2)nc2ccccc21. The molecule has 0 spiro atoms. The number of amides is 1. The largest absolute Gasteiger partial charge is 0.338 e. The maximum absolute atomic E-state index is 13.3. The third kappa shape index (κ3) is 3.10. The molecule has 1 N–H and O–H groups in total. The van der Waals surface area contributed by atoms with Crippen LogP contribution in [-0.2, 0) is 13.6 Å². The van der Waals surface area contributed by atoms with Crippen molar-refractivity contribution in [3.63, 3.8) is 0 Å². The van der Waals surface area contributed by atoms with Gasteiger partial charge in [0.05, 0.1) is 11.0 Å². The van der Waals surface area contributed by atoms with Crippen LogP contribution in [0.2, 0.25) is 0 Å². The molecule has 0 saturated carbocycles. The molecule has 2 saturated heterocycles. The van der Waals surface area contributed by atoms with Crippen LogP contribution in [0, 0.1) is 5.92 Å². The van der Waals surface area contributed by atoms with E-state index in [-0.39, 0.29) is 11.5 Å². The van der Waals surface area contributed by atoms with Crippen molar-refractivity contribution in [1.29, 1.82) is 0 Å². The lowest BCUT2D eigenvalue weighted by atomic mass is 9.84. The van der Waals surface area contributed by atoms with E-state index in [1.807, 2.05) is 33.7 Å². The Hall–Kier alpha value is -2.93. The Labute approximate surface area is 187 Å². The highest BCUT2D eigenvalue weighted by molar-refractivity contribution is 5.94. The molecule has 1 amide bonds. The van der Waals surface area contributed by atoms with Crippen LogP contribution in [0.1, 0.15) is 53.0 Å². The summed E-state index contributed by atoms with van der Waals surface area (Å²) >= 11 is 0. The summed E-state index contributed by atoms with van der Waals surface area (Å²) in [5, 5.41) is 3.47. The first-order valence-corrected chi connectivity index (χ1v) is 11.7. The smallest absolute Gasteiger partial charge is 0.263 e. The second-order valence-electron chi connectivity index (χ2n) is 9.63. The third-order valence-corrected chi connectivity index (χ3v) is 7.71. The molecule has 3 aliphatic heterocycles. The standard InChI is InChI=1S/C25H29N5O2/c1-28-22-5-3-2-4-20(22)27-23(28)17-8-10-29(11-9-17)24(31)19-6-7-21-18-12-16(13-26-14-18)15-30(21)25(19)32/h2-7,16-18,26H,8-15H2,1H3/t16-,18+/m0/s1. The topological polar surface area (TPSA) is 72.2 Å². The molecule has 1 aromatic carbocycles. The van der Waals surface area contributed by atoms with Crippen molar-refractivity contribution in [2.75, 3.05) is 26.2 Å². The lowest BCUT2D eigenvalue weighted by Crippen LogP contribution is -2.47. The van der Waals surface area contributed by atoms with E-state index < -0.39 is 0 Å². The zero-order valence-corrected chi connectivity index (χ0v) is 18.5. The molecule has 7 nitrogen and oxygen atoms in total. The second-order valence-corrected chi connectivity index (χ2v) is 9.63. The van der Waals surface area contributed by atoms with Gasteiger partial charge in [0, 0.05) is 50.8 Å². The maximum Gasteiger partial charge on any atom is 0.263 e. The van der Waals surface area contributed by atoms with Crippen molar-refractivity contribution in [2.45, 2.75) is 37.6 Å². The fourth-order valence-corrected chi connectivity index (χ4v) is 5.99. The van der Waals surface area contributed by atoms with E-state index in [1.165, 1.54) is 0 Å². The van der Waals surface area contributed by atoms with Crippen LogP contribution in [0.25, 0.3) is 11.0 Å². The van der Waals surface area contributed by atoms with Gasteiger partial charge in [0.25, 0.3) is 11.5 Å². The number of nitrogens with one attached hydrogen (secondary N) is 1. The third-order valence-electron chi connectivity index (χ3n) is 7.71. The molecule has 0 radical (unpaired) electrons. The van der Waals surface area contributed by atoms with Gasteiger partial charge in [-0.2, -0.15) is 0 Å². The van der Waals surface area contributed by atoms with Crippen LogP contribution >= 0.6 is 0 Å². The van der Waals surface area contributed by atoms with E-state index in [0.717, 1.165) is 54.9 Å². The minimum atomic E-state index is -0.123. The average molecular weight is 432 g/mol. The van der Waals surface area contributed by atoms with Crippen LogP contribution in [0.5, 0.6) is 0 Å². The van der Waals surface area contributed by atoms with Gasteiger partial charge < -0.3 is 19.4 Å². The number of aromatic nitrogens is 3. The van der Waals surface area contributed by atoms with Gasteiger partial charge in [-0.1, -0.05) is 12.1 Å². The molecule has 2 aromatic heterocycles. The number of benzene rings is 1. The minimum absolute atomic E-state index is 0.110. The number of hydrogen-bond donors (Lipinski definition) is 1. The summed E-state index contributed by atoms with van der Waals surface area (Å²) < 4.78 is 4.05. The molecule has 7 heteroatoms. The molecule has 32 heavy (non-hydrogen) atoms. The molecule has 2 atom stereocenters. The highest BCUT2D eigenvalue weighted by Gasteiger charge is 2.33. The number of likely N-dealkylation sites (tertiary alicyclic amines) is 1. The van der Waals surface area contributed by atoms with Gasteiger partial charge in [-0.3, -0.25) is 9.59 Å². The van der Waals surface area contributed by atoms with E-state index in [0.29, 0.717) is 43.0 Å². The van der Waals surface area contributed by atoms with Crippen LogP contribution < -0.4 is 10.9 Å². The molecular formula is C25H29N5O2. The monoisotopic (exact) mass is 431 g/mol. The summed E-state index contributed by atoms with van der Waals surface area (Å²) in [5.41, 5.74) is 3.45. The number of pyridine rings is 1. The number of para-hydroxylation sites is 2. The van der Waals surface area contributed by atoms with Gasteiger partial charge in [-0.05, 0) is 56.0 Å². The van der Waals surface area contributed by atoms with Crippen molar-refractivity contribution in [1.82, 2.24) is 24.3 Å². The predicted molar refractivity (Wildman–Crippen MR) is 123 cm³/mol. The van der Waals surface area contributed by atoms with Gasteiger partial charge in [0.15, 0.2) is 0 Å². The summed E-state index contributed by atoms with van der Waals surface area (Å²) in [6.45, 7) is 3.90. The fraction of sp³-hybridized carbons (Fsp3) is 0.480. The average Bonchev–Trinajstić information content (AvgIpc) is 3.16. The van der Waals surface area contributed by atoms with Crippen molar-refractivity contribution in [2.24, 2.45) is 13.0 Å². The van der Waals surface area contributed by atoms with Gasteiger partial charge in [0.2, 0.25) is 0 Å². The first-order valence-electron chi connectivity index (χ1n) is 11.7. The van der Waals surface area contributed by atoms with Gasteiger partial charge in [-0.25, -0.2) is 4.98 Å². The highest BCUT2D eigenvalue weighted by atomic mass is 16.2. The second kappa shape index (κ2) is 7.59. The number of aryl methyl sites for hydroxylation is 1. The number of imidazole rings is 1. The highest BCUT2D eigenvalue weighted by Crippen LogP contribution is 2.33. The summed E-state index contributed by atoms with van der Waals surface area (Å²) in [7, 11) is 2.07. The van der Waals surface area contributed by atoms with Crippen molar-refractivity contribution in [3.05, 3.63) is 63.8 Å².